The molecule has 114 valence electrons. The summed E-state index contributed by atoms with van der Waals surface area (Å²) in [5, 5.41) is 0. The van der Waals surface area contributed by atoms with Gasteiger partial charge in [0.05, 0.1) is 0 Å². The number of allylic oxidation sites excluding steroid dienone is 1. The highest BCUT2D eigenvalue weighted by Crippen LogP contribution is 2.20. The van der Waals surface area contributed by atoms with E-state index in [1.54, 1.807) is 11.9 Å². The SMILES string of the molecule is C=CCCC(C)C.CNNSc1cccc(C(C)C)c1. The largest absolute Gasteiger partial charge is 0.251 e. The van der Waals surface area contributed by atoms with Gasteiger partial charge in [0.25, 0.3) is 0 Å². The molecule has 1 aromatic rings. The van der Waals surface area contributed by atoms with E-state index in [1.807, 2.05) is 13.1 Å². The second kappa shape index (κ2) is 12.0. The first-order valence-electron chi connectivity index (χ1n) is 7.30. The van der Waals surface area contributed by atoms with E-state index in [9.17, 15) is 0 Å². The van der Waals surface area contributed by atoms with Gasteiger partial charge >= 0.3 is 0 Å². The summed E-state index contributed by atoms with van der Waals surface area (Å²) in [7, 11) is 1.86. The first kappa shape index (κ1) is 19.2. The molecule has 0 atom stereocenters. The standard InChI is InChI=1S/C10H16N2S.C7H14/c1-8(2)9-5-4-6-10(7-9)13-12-11-3;1-4-5-6-7(2)3/h4-8,11-12H,1-3H3;4,7H,1,5-6H2,2-3H3. The minimum Gasteiger partial charge on any atom is -0.251 e. The van der Waals surface area contributed by atoms with Gasteiger partial charge in [0, 0.05) is 4.90 Å². The van der Waals surface area contributed by atoms with Crippen molar-refractivity contribution >= 4 is 11.9 Å². The lowest BCUT2D eigenvalue weighted by atomic mass is 10.0. The molecule has 0 spiro atoms. The molecule has 1 aromatic carbocycles. The molecule has 0 fully saturated rings. The van der Waals surface area contributed by atoms with E-state index in [-0.39, 0.29) is 0 Å². The molecule has 0 aliphatic heterocycles. The van der Waals surface area contributed by atoms with Crippen LogP contribution in [0.2, 0.25) is 0 Å². The molecule has 0 aromatic heterocycles. The molecule has 0 bridgehead atoms. The van der Waals surface area contributed by atoms with Crippen molar-refractivity contribution in [1.29, 1.82) is 0 Å². The van der Waals surface area contributed by atoms with Crippen LogP contribution in [-0.4, -0.2) is 7.05 Å². The fraction of sp³-hybridized carbons (Fsp3) is 0.529. The lowest BCUT2D eigenvalue weighted by Crippen LogP contribution is -2.19. The van der Waals surface area contributed by atoms with Crippen molar-refractivity contribution in [3.8, 4) is 0 Å². The van der Waals surface area contributed by atoms with Crippen LogP contribution in [0.25, 0.3) is 0 Å². The van der Waals surface area contributed by atoms with Gasteiger partial charge in [-0.25, -0.2) is 0 Å². The molecule has 1 rings (SSSR count). The Morgan fingerprint density at radius 1 is 1.25 bits per heavy atom. The van der Waals surface area contributed by atoms with Gasteiger partial charge in [0.2, 0.25) is 0 Å². The molecule has 0 radical (unpaired) electrons. The second-order valence-corrected chi connectivity index (χ2v) is 6.32. The molecule has 2 nitrogen and oxygen atoms in total. The van der Waals surface area contributed by atoms with E-state index in [4.69, 9.17) is 0 Å². The first-order valence-corrected chi connectivity index (χ1v) is 8.12. The Bertz CT molecular complexity index is 362. The molecule has 0 heterocycles. The normalized spacial score (nSPS) is 10.3. The summed E-state index contributed by atoms with van der Waals surface area (Å²) in [6, 6.07) is 8.56. The molecular formula is C17H30N2S. The van der Waals surface area contributed by atoms with Gasteiger partial charge in [-0.1, -0.05) is 45.9 Å². The minimum absolute atomic E-state index is 0.593. The van der Waals surface area contributed by atoms with E-state index in [0.717, 1.165) is 12.3 Å². The smallest absolute Gasteiger partial charge is 0.0243 e. The van der Waals surface area contributed by atoms with Crippen LogP contribution < -0.4 is 10.3 Å². The van der Waals surface area contributed by atoms with Crippen LogP contribution in [0.4, 0.5) is 0 Å². The molecular weight excluding hydrogens is 264 g/mol. The van der Waals surface area contributed by atoms with E-state index < -0.39 is 0 Å². The third-order valence-electron chi connectivity index (χ3n) is 2.74. The highest BCUT2D eigenvalue weighted by atomic mass is 32.2. The zero-order valence-corrected chi connectivity index (χ0v) is 14.4. The summed E-state index contributed by atoms with van der Waals surface area (Å²) in [5.74, 6) is 1.42. The van der Waals surface area contributed by atoms with Crippen molar-refractivity contribution in [2.24, 2.45) is 5.92 Å². The average Bonchev–Trinajstić information content (AvgIpc) is 2.43. The van der Waals surface area contributed by atoms with Gasteiger partial charge in [-0.05, 0) is 61.4 Å². The molecule has 0 saturated heterocycles. The van der Waals surface area contributed by atoms with Crippen LogP contribution in [0, 0.1) is 5.92 Å². The van der Waals surface area contributed by atoms with Crippen molar-refractivity contribution < 1.29 is 0 Å². The van der Waals surface area contributed by atoms with E-state index in [0.29, 0.717) is 5.92 Å². The Morgan fingerprint density at radius 3 is 2.40 bits per heavy atom. The number of hydrogen-bond donors (Lipinski definition) is 2. The van der Waals surface area contributed by atoms with Crippen molar-refractivity contribution in [3.05, 3.63) is 42.5 Å². The summed E-state index contributed by atoms with van der Waals surface area (Å²) in [6.07, 6.45) is 4.42. The molecule has 3 heteroatoms. The Morgan fingerprint density at radius 2 is 1.95 bits per heavy atom. The van der Waals surface area contributed by atoms with Gasteiger partial charge in [-0.3, -0.25) is 5.43 Å². The molecule has 0 unspecified atom stereocenters. The maximum absolute atomic E-state index is 3.63. The number of hydrazine groups is 1. The minimum atomic E-state index is 0.593. The first-order chi connectivity index (χ1) is 9.51. The number of benzene rings is 1. The van der Waals surface area contributed by atoms with E-state index in [2.05, 4.69) is 68.8 Å². The lowest BCUT2D eigenvalue weighted by molar-refractivity contribution is 0.595. The predicted molar refractivity (Wildman–Crippen MR) is 92.9 cm³/mol. The fourth-order valence-corrected chi connectivity index (χ4v) is 2.06. The molecule has 20 heavy (non-hydrogen) atoms. The lowest BCUT2D eigenvalue weighted by Gasteiger charge is -2.07. The Hall–Kier alpha value is -0.770. The van der Waals surface area contributed by atoms with Crippen LogP contribution in [0.1, 0.15) is 52.0 Å². The van der Waals surface area contributed by atoms with Crippen molar-refractivity contribution in [1.82, 2.24) is 10.3 Å². The number of hydrogen-bond acceptors (Lipinski definition) is 3. The summed E-state index contributed by atoms with van der Waals surface area (Å²) < 4.78 is 0. The van der Waals surface area contributed by atoms with Crippen molar-refractivity contribution in [3.63, 3.8) is 0 Å². The Kier molecular flexibility index (Phi) is 11.5. The molecule has 2 N–H and O–H groups in total. The maximum Gasteiger partial charge on any atom is 0.0243 e. The van der Waals surface area contributed by atoms with Crippen LogP contribution in [0.15, 0.2) is 41.8 Å². The topological polar surface area (TPSA) is 24.1 Å². The third-order valence-corrected chi connectivity index (χ3v) is 3.54. The molecule has 0 saturated carbocycles. The third kappa shape index (κ3) is 10.1. The van der Waals surface area contributed by atoms with Crippen LogP contribution in [0.3, 0.4) is 0 Å². The van der Waals surface area contributed by atoms with Gasteiger partial charge in [0.1, 0.15) is 0 Å². The molecule has 0 amide bonds. The summed E-state index contributed by atoms with van der Waals surface area (Å²) in [5.41, 5.74) is 4.26. The van der Waals surface area contributed by atoms with Gasteiger partial charge < -0.3 is 0 Å². The van der Waals surface area contributed by atoms with Crippen LogP contribution in [0.5, 0.6) is 0 Å². The predicted octanol–water partition coefficient (Wildman–Crippen LogP) is 5.15. The average molecular weight is 295 g/mol. The second-order valence-electron chi connectivity index (χ2n) is 5.44. The van der Waals surface area contributed by atoms with Crippen LogP contribution in [-0.2, 0) is 0 Å². The number of nitrogens with one attached hydrogen (secondary N) is 2. The van der Waals surface area contributed by atoms with Crippen LogP contribution >= 0.6 is 11.9 Å². The fourth-order valence-electron chi connectivity index (χ4n) is 1.50. The Labute approximate surface area is 129 Å². The zero-order valence-electron chi connectivity index (χ0n) is 13.6. The van der Waals surface area contributed by atoms with Gasteiger partial charge in [-0.2, -0.15) is 4.83 Å². The van der Waals surface area contributed by atoms with E-state index >= 15 is 0 Å². The van der Waals surface area contributed by atoms with Crippen molar-refractivity contribution in [2.45, 2.75) is 51.3 Å². The molecule has 0 aliphatic rings. The quantitative estimate of drug-likeness (QED) is 0.413. The highest BCUT2D eigenvalue weighted by molar-refractivity contribution is 7.97. The summed E-state index contributed by atoms with van der Waals surface area (Å²) >= 11 is 1.59. The highest BCUT2D eigenvalue weighted by Gasteiger charge is 1.99. The van der Waals surface area contributed by atoms with Crippen molar-refractivity contribution in [2.75, 3.05) is 7.05 Å². The maximum atomic E-state index is 3.63. The Balaban J connectivity index is 0.000000441. The number of rotatable bonds is 7. The summed E-state index contributed by atoms with van der Waals surface area (Å²) in [4.78, 5) is 4.23. The van der Waals surface area contributed by atoms with E-state index in [1.165, 1.54) is 16.9 Å². The van der Waals surface area contributed by atoms with Gasteiger partial charge in [-0.15, -0.1) is 6.58 Å². The summed E-state index contributed by atoms with van der Waals surface area (Å²) in [6.45, 7) is 12.5. The van der Waals surface area contributed by atoms with Gasteiger partial charge in [0.15, 0.2) is 0 Å². The monoisotopic (exact) mass is 294 g/mol. The zero-order chi connectivity index (χ0) is 15.4. The molecule has 0 aliphatic carbocycles.